The summed E-state index contributed by atoms with van der Waals surface area (Å²) >= 11 is 0. The van der Waals surface area contributed by atoms with Crippen LogP contribution >= 0.6 is 0 Å². The van der Waals surface area contributed by atoms with Crippen molar-refractivity contribution in [2.45, 2.75) is 0 Å². The van der Waals surface area contributed by atoms with Crippen LogP contribution in [0, 0.1) is 0 Å². The molecule has 22 heavy (non-hydrogen) atoms. The summed E-state index contributed by atoms with van der Waals surface area (Å²) in [5, 5.41) is 8.93. The second-order valence-electron chi connectivity index (χ2n) is 4.89. The summed E-state index contributed by atoms with van der Waals surface area (Å²) in [5.41, 5.74) is 3.34. The molecule has 0 amide bonds. The zero-order chi connectivity index (χ0) is 15.5. The van der Waals surface area contributed by atoms with E-state index in [1.54, 1.807) is 19.2 Å². The summed E-state index contributed by atoms with van der Waals surface area (Å²) in [5.74, 6) is -0.0947. The molecule has 0 atom stereocenters. The van der Waals surface area contributed by atoms with Gasteiger partial charge in [-0.1, -0.05) is 12.1 Å². The molecule has 1 N–H and O–H groups in total. The predicted molar refractivity (Wildman–Crippen MR) is 84.7 cm³/mol. The topological polar surface area (TPSA) is 51.5 Å². The van der Waals surface area contributed by atoms with E-state index in [0.29, 0.717) is 5.56 Å². The van der Waals surface area contributed by atoms with Gasteiger partial charge in [0.15, 0.2) is 0 Å². The minimum Gasteiger partial charge on any atom is -0.497 e. The van der Waals surface area contributed by atoms with Crippen LogP contribution in [0.1, 0.15) is 10.4 Å². The molecule has 0 saturated heterocycles. The second kappa shape index (κ2) is 5.77. The first-order valence-corrected chi connectivity index (χ1v) is 6.83. The van der Waals surface area contributed by atoms with Crippen molar-refractivity contribution >= 4 is 5.97 Å². The largest absolute Gasteiger partial charge is 0.497 e. The third-order valence-corrected chi connectivity index (χ3v) is 3.53. The van der Waals surface area contributed by atoms with Gasteiger partial charge >= 0.3 is 5.97 Å². The summed E-state index contributed by atoms with van der Waals surface area (Å²) in [6.45, 7) is 0. The minimum absolute atomic E-state index is 0.290. The number of methoxy groups -OCH3 is 1. The normalized spacial score (nSPS) is 10.4. The Bertz CT molecular complexity index is 786. The lowest BCUT2D eigenvalue weighted by Gasteiger charge is -2.04. The van der Waals surface area contributed by atoms with Crippen LogP contribution in [-0.4, -0.2) is 22.8 Å². The van der Waals surface area contributed by atoms with Crippen molar-refractivity contribution in [1.29, 1.82) is 0 Å². The van der Waals surface area contributed by atoms with Crippen LogP contribution in [-0.2, 0) is 0 Å². The molecule has 0 spiro atoms. The summed E-state index contributed by atoms with van der Waals surface area (Å²) in [6.07, 6.45) is 3.99. The molecule has 4 nitrogen and oxygen atoms in total. The van der Waals surface area contributed by atoms with Gasteiger partial charge in [0.1, 0.15) is 5.75 Å². The fourth-order valence-electron chi connectivity index (χ4n) is 2.29. The Morgan fingerprint density at radius 2 is 1.64 bits per heavy atom. The molecule has 110 valence electrons. The fraction of sp³-hybridized carbons (Fsp3) is 0.0556. The monoisotopic (exact) mass is 293 g/mol. The summed E-state index contributed by atoms with van der Waals surface area (Å²) < 4.78 is 7.17. The summed E-state index contributed by atoms with van der Waals surface area (Å²) in [4.78, 5) is 10.9. The number of hydrogen-bond acceptors (Lipinski definition) is 2. The Balaban J connectivity index is 1.87. The van der Waals surface area contributed by atoms with E-state index in [4.69, 9.17) is 9.84 Å². The molecular formula is C18H15NO3. The van der Waals surface area contributed by atoms with Crippen LogP contribution in [0.25, 0.3) is 16.8 Å². The van der Waals surface area contributed by atoms with Gasteiger partial charge in [-0.15, -0.1) is 0 Å². The third kappa shape index (κ3) is 2.72. The van der Waals surface area contributed by atoms with Gasteiger partial charge < -0.3 is 14.4 Å². The van der Waals surface area contributed by atoms with Gasteiger partial charge in [0.2, 0.25) is 0 Å². The molecule has 0 unspecified atom stereocenters. The average molecular weight is 293 g/mol. The Morgan fingerprint density at radius 3 is 2.23 bits per heavy atom. The van der Waals surface area contributed by atoms with Gasteiger partial charge in [0.05, 0.1) is 12.7 Å². The predicted octanol–water partition coefficient (Wildman–Crippen LogP) is 3.85. The zero-order valence-corrected chi connectivity index (χ0v) is 12.1. The molecule has 0 aliphatic heterocycles. The van der Waals surface area contributed by atoms with E-state index in [0.717, 1.165) is 22.6 Å². The van der Waals surface area contributed by atoms with Crippen LogP contribution < -0.4 is 4.74 Å². The first kappa shape index (κ1) is 13.9. The maximum atomic E-state index is 10.9. The first-order valence-electron chi connectivity index (χ1n) is 6.83. The number of aromatic carboxylic acids is 1. The molecule has 0 radical (unpaired) electrons. The molecular weight excluding hydrogens is 278 g/mol. The van der Waals surface area contributed by atoms with Crippen molar-refractivity contribution in [3.05, 3.63) is 72.6 Å². The van der Waals surface area contributed by atoms with Crippen LogP contribution in [0.4, 0.5) is 0 Å². The van der Waals surface area contributed by atoms with Gasteiger partial charge in [0.25, 0.3) is 0 Å². The van der Waals surface area contributed by atoms with Gasteiger partial charge in [-0.25, -0.2) is 4.79 Å². The number of carbonyl (C=O) groups is 1. The van der Waals surface area contributed by atoms with E-state index in [9.17, 15) is 4.79 Å². The molecule has 0 bridgehead atoms. The number of nitrogens with zero attached hydrogens (tertiary/aromatic N) is 1. The Labute approximate surface area is 128 Å². The molecule has 2 aromatic carbocycles. The quantitative estimate of drug-likeness (QED) is 0.795. The lowest BCUT2D eigenvalue weighted by molar-refractivity contribution is 0.0697. The van der Waals surface area contributed by atoms with E-state index in [1.165, 1.54) is 0 Å². The van der Waals surface area contributed by atoms with Crippen LogP contribution in [0.3, 0.4) is 0 Å². The molecule has 3 rings (SSSR count). The highest BCUT2D eigenvalue weighted by Crippen LogP contribution is 2.23. The van der Waals surface area contributed by atoms with Crippen LogP contribution in [0.5, 0.6) is 5.75 Å². The SMILES string of the molecule is COc1ccc(-n2ccc(-c3ccc(C(=O)O)cc3)c2)cc1. The highest BCUT2D eigenvalue weighted by molar-refractivity contribution is 5.88. The van der Waals surface area contributed by atoms with Crippen LogP contribution in [0.2, 0.25) is 0 Å². The van der Waals surface area contributed by atoms with E-state index in [1.807, 2.05) is 59.4 Å². The number of aromatic nitrogens is 1. The average Bonchev–Trinajstić information content (AvgIpc) is 3.05. The van der Waals surface area contributed by atoms with Gasteiger partial charge in [0, 0.05) is 18.1 Å². The third-order valence-electron chi connectivity index (χ3n) is 3.53. The Morgan fingerprint density at radius 1 is 0.955 bits per heavy atom. The minimum atomic E-state index is -0.914. The van der Waals surface area contributed by atoms with Gasteiger partial charge in [-0.2, -0.15) is 0 Å². The summed E-state index contributed by atoms with van der Waals surface area (Å²) in [7, 11) is 1.64. The molecule has 1 heterocycles. The molecule has 1 aromatic heterocycles. The van der Waals surface area contributed by atoms with Crippen molar-refractivity contribution in [1.82, 2.24) is 4.57 Å². The van der Waals surface area contributed by atoms with Crippen molar-refractivity contribution in [3.8, 4) is 22.6 Å². The molecule has 3 aromatic rings. The van der Waals surface area contributed by atoms with Gasteiger partial charge in [-0.3, -0.25) is 0 Å². The molecule has 0 aliphatic carbocycles. The summed E-state index contributed by atoms with van der Waals surface area (Å²) in [6, 6.07) is 16.7. The zero-order valence-electron chi connectivity index (χ0n) is 12.1. The number of carboxylic acids is 1. The molecule has 4 heteroatoms. The second-order valence-corrected chi connectivity index (χ2v) is 4.89. The first-order chi connectivity index (χ1) is 10.7. The molecule has 0 aliphatic rings. The van der Waals surface area contributed by atoms with Crippen molar-refractivity contribution in [2.75, 3.05) is 7.11 Å². The number of carboxylic acid groups (broad SMARTS) is 1. The number of benzene rings is 2. The van der Waals surface area contributed by atoms with E-state index < -0.39 is 5.97 Å². The van der Waals surface area contributed by atoms with E-state index >= 15 is 0 Å². The highest BCUT2D eigenvalue weighted by atomic mass is 16.5. The smallest absolute Gasteiger partial charge is 0.335 e. The van der Waals surface area contributed by atoms with E-state index in [-0.39, 0.29) is 0 Å². The van der Waals surface area contributed by atoms with E-state index in [2.05, 4.69) is 0 Å². The van der Waals surface area contributed by atoms with Crippen LogP contribution in [0.15, 0.2) is 67.0 Å². The van der Waals surface area contributed by atoms with Gasteiger partial charge in [-0.05, 0) is 53.6 Å². The Kier molecular flexibility index (Phi) is 3.66. The highest BCUT2D eigenvalue weighted by Gasteiger charge is 2.05. The van der Waals surface area contributed by atoms with Crippen molar-refractivity contribution in [2.24, 2.45) is 0 Å². The number of ether oxygens (including phenoxy) is 1. The Hall–Kier alpha value is -3.01. The van der Waals surface area contributed by atoms with Crippen molar-refractivity contribution < 1.29 is 14.6 Å². The van der Waals surface area contributed by atoms with Crippen molar-refractivity contribution in [3.63, 3.8) is 0 Å². The maximum absolute atomic E-state index is 10.9. The lowest BCUT2D eigenvalue weighted by Crippen LogP contribution is -1.94. The lowest BCUT2D eigenvalue weighted by atomic mass is 10.1. The molecule has 0 fully saturated rings. The number of rotatable bonds is 4. The molecule has 0 saturated carbocycles. The fourth-order valence-corrected chi connectivity index (χ4v) is 2.29. The number of hydrogen-bond donors (Lipinski definition) is 1. The standard InChI is InChI=1S/C18H15NO3/c1-22-17-8-6-16(7-9-17)19-11-10-15(12-19)13-2-4-14(5-3-13)18(20)21/h2-12H,1H3,(H,20,21). The maximum Gasteiger partial charge on any atom is 0.335 e.